The van der Waals surface area contributed by atoms with Crippen LogP contribution in [0.4, 0.5) is 0 Å². The molecule has 0 spiro atoms. The quantitative estimate of drug-likeness (QED) is 0.527. The molecule has 1 aromatic carbocycles. The zero-order chi connectivity index (χ0) is 15.4. The summed E-state index contributed by atoms with van der Waals surface area (Å²) < 4.78 is 0. The Morgan fingerprint density at radius 3 is 1.91 bits per heavy atom. The van der Waals surface area contributed by atoms with Crippen molar-refractivity contribution in [2.75, 3.05) is 0 Å². The number of allylic oxidation sites excluding steroid dienone is 2. The van der Waals surface area contributed by atoms with Crippen LogP contribution in [0, 0.1) is 17.8 Å². The molecule has 1 heteroatoms. The van der Waals surface area contributed by atoms with E-state index < -0.39 is 0 Å². The van der Waals surface area contributed by atoms with Crippen LogP contribution < -0.4 is 0 Å². The van der Waals surface area contributed by atoms with Crippen LogP contribution in [0.1, 0.15) is 69.8 Å². The average molecular weight is 317 g/mol. The van der Waals surface area contributed by atoms with E-state index in [1.54, 1.807) is 0 Å². The first kappa shape index (κ1) is 16.1. The van der Waals surface area contributed by atoms with Crippen molar-refractivity contribution < 1.29 is 0 Å². The van der Waals surface area contributed by atoms with E-state index >= 15 is 0 Å². The molecule has 0 unspecified atom stereocenters. The zero-order valence-corrected chi connectivity index (χ0v) is 14.6. The van der Waals surface area contributed by atoms with Gasteiger partial charge in [-0.05, 0) is 99.7 Å². The number of benzene rings is 1. The summed E-state index contributed by atoms with van der Waals surface area (Å²) in [5, 5.41) is 0.857. The van der Waals surface area contributed by atoms with Crippen LogP contribution in [0.5, 0.6) is 0 Å². The van der Waals surface area contributed by atoms with Crippen molar-refractivity contribution in [3.8, 4) is 0 Å². The van der Waals surface area contributed by atoms with E-state index in [-0.39, 0.29) is 0 Å². The Kier molecular flexibility index (Phi) is 5.63. The van der Waals surface area contributed by atoms with Gasteiger partial charge in [-0.25, -0.2) is 0 Å². The van der Waals surface area contributed by atoms with Crippen LogP contribution in [-0.2, 0) is 0 Å². The van der Waals surface area contributed by atoms with Gasteiger partial charge in [0.05, 0.1) is 0 Å². The minimum atomic E-state index is 0.771. The Morgan fingerprint density at radius 2 is 1.36 bits per heavy atom. The van der Waals surface area contributed by atoms with E-state index in [1.807, 2.05) is 12.1 Å². The Labute approximate surface area is 141 Å². The highest BCUT2D eigenvalue weighted by Crippen LogP contribution is 2.44. The molecule has 0 N–H and O–H groups in total. The van der Waals surface area contributed by atoms with Gasteiger partial charge >= 0.3 is 0 Å². The molecule has 0 bridgehead atoms. The predicted octanol–water partition coefficient (Wildman–Crippen LogP) is 7.00. The van der Waals surface area contributed by atoms with Crippen LogP contribution in [0.2, 0.25) is 5.02 Å². The molecule has 0 aromatic heterocycles. The first-order valence-corrected chi connectivity index (χ1v) is 9.52. The molecular weight excluding hydrogens is 288 g/mol. The molecule has 120 valence electrons. The number of halogens is 1. The fraction of sp³-hybridized carbons (Fsp3) is 0.619. The Hall–Kier alpha value is -0.750. The molecule has 0 heterocycles. The first-order valence-electron chi connectivity index (χ1n) is 9.14. The SMILES string of the molecule is C/C=C/[C@H]1CC[C@H](C2CCC(c3ccc(Cl)cc3)CC2)CC1. The van der Waals surface area contributed by atoms with E-state index in [4.69, 9.17) is 11.6 Å². The van der Waals surface area contributed by atoms with E-state index in [9.17, 15) is 0 Å². The highest BCUT2D eigenvalue weighted by atomic mass is 35.5. The Morgan fingerprint density at radius 1 is 0.818 bits per heavy atom. The molecule has 2 fully saturated rings. The van der Waals surface area contributed by atoms with Crippen LogP contribution >= 0.6 is 11.6 Å². The van der Waals surface area contributed by atoms with Gasteiger partial charge in [-0.2, -0.15) is 0 Å². The van der Waals surface area contributed by atoms with Gasteiger partial charge in [0.2, 0.25) is 0 Å². The Bertz CT molecular complexity index is 471. The highest BCUT2D eigenvalue weighted by Gasteiger charge is 2.30. The Balaban J connectivity index is 1.49. The largest absolute Gasteiger partial charge is 0.0914 e. The van der Waals surface area contributed by atoms with Crippen molar-refractivity contribution in [2.24, 2.45) is 17.8 Å². The summed E-state index contributed by atoms with van der Waals surface area (Å²) >= 11 is 6.00. The van der Waals surface area contributed by atoms with Crippen molar-refractivity contribution >= 4 is 11.6 Å². The minimum absolute atomic E-state index is 0.771. The van der Waals surface area contributed by atoms with Gasteiger partial charge in [0.25, 0.3) is 0 Å². The lowest BCUT2D eigenvalue weighted by Crippen LogP contribution is -2.25. The molecule has 2 aliphatic carbocycles. The van der Waals surface area contributed by atoms with E-state index in [1.165, 1.54) is 56.9 Å². The van der Waals surface area contributed by atoms with Crippen LogP contribution in [0.3, 0.4) is 0 Å². The van der Waals surface area contributed by atoms with Crippen molar-refractivity contribution in [1.82, 2.24) is 0 Å². The van der Waals surface area contributed by atoms with Gasteiger partial charge in [0, 0.05) is 5.02 Å². The fourth-order valence-corrected chi connectivity index (χ4v) is 4.87. The highest BCUT2D eigenvalue weighted by molar-refractivity contribution is 6.30. The second-order valence-corrected chi connectivity index (χ2v) is 7.80. The molecule has 1 aromatic rings. The first-order chi connectivity index (χ1) is 10.8. The molecule has 2 saturated carbocycles. The number of rotatable bonds is 3. The van der Waals surface area contributed by atoms with Crippen LogP contribution in [0.25, 0.3) is 0 Å². The molecule has 2 aliphatic rings. The molecule has 0 saturated heterocycles. The summed E-state index contributed by atoms with van der Waals surface area (Å²) in [5.74, 6) is 3.64. The fourth-order valence-electron chi connectivity index (χ4n) is 4.74. The lowest BCUT2D eigenvalue weighted by molar-refractivity contribution is 0.171. The summed E-state index contributed by atoms with van der Waals surface area (Å²) in [5.41, 5.74) is 1.50. The van der Waals surface area contributed by atoms with Crippen molar-refractivity contribution in [3.63, 3.8) is 0 Å². The van der Waals surface area contributed by atoms with Gasteiger partial charge in [-0.3, -0.25) is 0 Å². The third-order valence-corrected chi connectivity index (χ3v) is 6.31. The summed E-state index contributed by atoms with van der Waals surface area (Å²) in [6.45, 7) is 2.16. The molecule has 0 amide bonds. The lowest BCUT2D eigenvalue weighted by Gasteiger charge is -2.37. The second kappa shape index (κ2) is 7.68. The van der Waals surface area contributed by atoms with E-state index in [0.29, 0.717) is 0 Å². The van der Waals surface area contributed by atoms with Crippen molar-refractivity contribution in [1.29, 1.82) is 0 Å². The molecule has 0 nitrogen and oxygen atoms in total. The van der Waals surface area contributed by atoms with Crippen molar-refractivity contribution in [3.05, 3.63) is 47.0 Å². The topological polar surface area (TPSA) is 0 Å². The van der Waals surface area contributed by atoms with E-state index in [2.05, 4.69) is 31.2 Å². The van der Waals surface area contributed by atoms with Crippen LogP contribution in [-0.4, -0.2) is 0 Å². The number of hydrogen-bond donors (Lipinski definition) is 0. The molecule has 3 rings (SSSR count). The molecule has 0 atom stereocenters. The summed E-state index contributed by atoms with van der Waals surface area (Å²) in [7, 11) is 0. The molecular formula is C21H29Cl. The summed E-state index contributed by atoms with van der Waals surface area (Å²) in [6, 6.07) is 8.56. The number of hydrogen-bond acceptors (Lipinski definition) is 0. The van der Waals surface area contributed by atoms with Gasteiger partial charge in [-0.15, -0.1) is 0 Å². The monoisotopic (exact) mass is 316 g/mol. The van der Waals surface area contributed by atoms with E-state index in [0.717, 1.165) is 28.7 Å². The van der Waals surface area contributed by atoms with Crippen LogP contribution in [0.15, 0.2) is 36.4 Å². The zero-order valence-electron chi connectivity index (χ0n) is 13.8. The lowest BCUT2D eigenvalue weighted by atomic mass is 9.68. The summed E-state index contributed by atoms with van der Waals surface area (Å²) in [6.07, 6.45) is 16.1. The van der Waals surface area contributed by atoms with Gasteiger partial charge < -0.3 is 0 Å². The second-order valence-electron chi connectivity index (χ2n) is 7.36. The molecule has 0 radical (unpaired) electrons. The maximum absolute atomic E-state index is 6.00. The van der Waals surface area contributed by atoms with Crippen molar-refractivity contribution in [2.45, 2.75) is 64.2 Å². The van der Waals surface area contributed by atoms with Gasteiger partial charge in [0.1, 0.15) is 0 Å². The molecule has 0 aliphatic heterocycles. The average Bonchev–Trinajstić information content (AvgIpc) is 2.57. The maximum Gasteiger partial charge on any atom is 0.0406 e. The maximum atomic E-state index is 6.00. The van der Waals surface area contributed by atoms with Gasteiger partial charge in [-0.1, -0.05) is 35.9 Å². The third-order valence-electron chi connectivity index (χ3n) is 6.06. The third kappa shape index (κ3) is 3.96. The van der Waals surface area contributed by atoms with Gasteiger partial charge in [0.15, 0.2) is 0 Å². The standard InChI is InChI=1S/C21H29Cl/c1-2-3-16-4-6-17(7-5-16)18-8-10-19(11-9-18)20-12-14-21(22)15-13-20/h2-3,12-19H,4-11H2,1H3/b3-2+/t16-,17-,18?,19?. The normalized spacial score (nSPS) is 33.2. The minimum Gasteiger partial charge on any atom is -0.0914 e. The predicted molar refractivity (Wildman–Crippen MR) is 96.4 cm³/mol. The molecule has 22 heavy (non-hydrogen) atoms. The smallest absolute Gasteiger partial charge is 0.0406 e. The summed E-state index contributed by atoms with van der Waals surface area (Å²) in [4.78, 5) is 0.